The summed E-state index contributed by atoms with van der Waals surface area (Å²) in [4.78, 5) is 0. The Kier molecular flexibility index (Phi) is 4.58. The van der Waals surface area contributed by atoms with Gasteiger partial charge in [-0.3, -0.25) is 0 Å². The van der Waals surface area contributed by atoms with Crippen LogP contribution in [0.1, 0.15) is 26.2 Å². The third-order valence-electron chi connectivity index (χ3n) is 2.21. The topological polar surface area (TPSA) is 41.5 Å². The smallest absolute Gasteiger partial charge is 0.0970 e. The van der Waals surface area contributed by atoms with Crippen LogP contribution in [0.4, 0.5) is 0 Å². The molecular weight excluding hydrogens is 154 g/mol. The molecule has 2 atom stereocenters. The van der Waals surface area contributed by atoms with Crippen LogP contribution in [0.15, 0.2) is 0 Å². The van der Waals surface area contributed by atoms with Crippen molar-refractivity contribution in [3.63, 3.8) is 0 Å². The van der Waals surface area contributed by atoms with E-state index < -0.39 is 0 Å². The van der Waals surface area contributed by atoms with E-state index in [0.29, 0.717) is 6.54 Å². The molecule has 0 aromatic carbocycles. The van der Waals surface area contributed by atoms with Gasteiger partial charge in [0.2, 0.25) is 0 Å². The average Bonchev–Trinajstić information content (AvgIpc) is 2.46. The maximum Gasteiger partial charge on any atom is 0.0970 e. The molecule has 1 heterocycles. The summed E-state index contributed by atoms with van der Waals surface area (Å²) in [7, 11) is 0. The molecule has 12 heavy (non-hydrogen) atoms. The molecule has 1 aliphatic rings. The van der Waals surface area contributed by atoms with Gasteiger partial charge in [-0.05, 0) is 6.42 Å². The van der Waals surface area contributed by atoms with Gasteiger partial charge in [-0.25, -0.2) is 0 Å². The summed E-state index contributed by atoms with van der Waals surface area (Å²) in [6.07, 6.45) is 3.28. The fourth-order valence-corrected chi connectivity index (χ4v) is 1.40. The van der Waals surface area contributed by atoms with Crippen molar-refractivity contribution in [2.24, 2.45) is 0 Å². The summed E-state index contributed by atoms with van der Waals surface area (Å²) in [5, 5.41) is 12.4. The molecule has 0 aromatic rings. The van der Waals surface area contributed by atoms with Crippen LogP contribution < -0.4 is 5.32 Å². The zero-order chi connectivity index (χ0) is 8.81. The minimum Gasteiger partial charge on any atom is -0.389 e. The molecule has 3 nitrogen and oxygen atoms in total. The maximum atomic E-state index is 9.36. The van der Waals surface area contributed by atoms with Gasteiger partial charge in [0.25, 0.3) is 0 Å². The summed E-state index contributed by atoms with van der Waals surface area (Å²) in [5.74, 6) is 0. The number of nitrogens with one attached hydrogen (secondary N) is 1. The fraction of sp³-hybridized carbons (Fsp3) is 1.00. The lowest BCUT2D eigenvalue weighted by Crippen LogP contribution is -2.27. The number of β-amino-alcohol motifs (C(OH)–C–C–N with tert-alkyl or cyclic N) is 1. The number of hydrogen-bond acceptors (Lipinski definition) is 3. The molecule has 0 aromatic heterocycles. The highest BCUT2D eigenvalue weighted by molar-refractivity contribution is 4.80. The summed E-state index contributed by atoms with van der Waals surface area (Å²) < 4.78 is 5.50. The summed E-state index contributed by atoms with van der Waals surface area (Å²) >= 11 is 0. The van der Waals surface area contributed by atoms with E-state index in [1.807, 2.05) is 0 Å². The molecule has 0 amide bonds. The van der Waals surface area contributed by atoms with Crippen LogP contribution in [0.5, 0.6) is 0 Å². The summed E-state index contributed by atoms with van der Waals surface area (Å²) in [5.41, 5.74) is 0. The Morgan fingerprint density at radius 2 is 2.25 bits per heavy atom. The molecule has 0 radical (unpaired) electrons. The highest BCUT2D eigenvalue weighted by atomic mass is 16.5. The van der Waals surface area contributed by atoms with Crippen LogP contribution in [-0.4, -0.2) is 37.0 Å². The number of hydrogen-bond donors (Lipinski definition) is 2. The monoisotopic (exact) mass is 173 g/mol. The average molecular weight is 173 g/mol. The van der Waals surface area contributed by atoms with E-state index in [-0.39, 0.29) is 12.2 Å². The van der Waals surface area contributed by atoms with Crippen molar-refractivity contribution in [1.82, 2.24) is 5.32 Å². The molecule has 0 saturated carbocycles. The normalized spacial score (nSPS) is 29.5. The van der Waals surface area contributed by atoms with E-state index >= 15 is 0 Å². The lowest BCUT2D eigenvalue weighted by Gasteiger charge is -2.13. The van der Waals surface area contributed by atoms with Gasteiger partial charge in [-0.15, -0.1) is 0 Å². The van der Waals surface area contributed by atoms with E-state index in [4.69, 9.17) is 4.74 Å². The SMILES string of the molecule is CCCCCO[C@H]1CNC[C@@H]1O. The molecule has 1 fully saturated rings. The molecule has 0 spiro atoms. The van der Waals surface area contributed by atoms with Crippen molar-refractivity contribution >= 4 is 0 Å². The lowest BCUT2D eigenvalue weighted by molar-refractivity contribution is -0.00914. The first kappa shape index (κ1) is 9.96. The van der Waals surface area contributed by atoms with Crippen molar-refractivity contribution in [3.8, 4) is 0 Å². The summed E-state index contributed by atoms with van der Waals surface area (Å²) in [6.45, 7) is 4.44. The molecule has 0 bridgehead atoms. The van der Waals surface area contributed by atoms with Gasteiger partial charge in [-0.2, -0.15) is 0 Å². The van der Waals surface area contributed by atoms with Gasteiger partial charge < -0.3 is 15.2 Å². The molecule has 3 heteroatoms. The highest BCUT2D eigenvalue weighted by Crippen LogP contribution is 2.05. The third-order valence-corrected chi connectivity index (χ3v) is 2.21. The first-order valence-corrected chi connectivity index (χ1v) is 4.85. The molecule has 72 valence electrons. The Balaban J connectivity index is 1.98. The summed E-state index contributed by atoms with van der Waals surface area (Å²) in [6, 6.07) is 0. The zero-order valence-corrected chi connectivity index (χ0v) is 7.75. The lowest BCUT2D eigenvalue weighted by atomic mass is 10.2. The van der Waals surface area contributed by atoms with Gasteiger partial charge >= 0.3 is 0 Å². The van der Waals surface area contributed by atoms with E-state index in [1.165, 1.54) is 12.8 Å². The quantitative estimate of drug-likeness (QED) is 0.596. The number of unbranched alkanes of at least 4 members (excludes halogenated alkanes) is 2. The molecular formula is C9H19NO2. The Labute approximate surface area is 74.1 Å². The van der Waals surface area contributed by atoms with E-state index in [9.17, 15) is 5.11 Å². The van der Waals surface area contributed by atoms with Gasteiger partial charge in [0.05, 0.1) is 12.2 Å². The van der Waals surface area contributed by atoms with Crippen molar-refractivity contribution in [2.45, 2.75) is 38.4 Å². The van der Waals surface area contributed by atoms with Crippen molar-refractivity contribution in [2.75, 3.05) is 19.7 Å². The van der Waals surface area contributed by atoms with Gasteiger partial charge in [-0.1, -0.05) is 19.8 Å². The first-order chi connectivity index (χ1) is 5.84. The predicted molar refractivity (Wildman–Crippen MR) is 48.1 cm³/mol. The van der Waals surface area contributed by atoms with Crippen molar-refractivity contribution in [3.05, 3.63) is 0 Å². The Hall–Kier alpha value is -0.120. The molecule has 2 N–H and O–H groups in total. The molecule has 1 saturated heterocycles. The number of aliphatic hydroxyl groups is 1. The van der Waals surface area contributed by atoms with Crippen LogP contribution in [-0.2, 0) is 4.74 Å². The number of aliphatic hydroxyl groups excluding tert-OH is 1. The minimum atomic E-state index is -0.299. The minimum absolute atomic E-state index is 0.0295. The van der Waals surface area contributed by atoms with Crippen LogP contribution in [0.2, 0.25) is 0 Å². The third kappa shape index (κ3) is 3.09. The second-order valence-electron chi connectivity index (χ2n) is 3.34. The highest BCUT2D eigenvalue weighted by Gasteiger charge is 2.24. The second-order valence-corrected chi connectivity index (χ2v) is 3.34. The Morgan fingerprint density at radius 3 is 2.83 bits per heavy atom. The van der Waals surface area contributed by atoms with Gasteiger partial charge in [0, 0.05) is 19.7 Å². The standard InChI is InChI=1S/C9H19NO2/c1-2-3-4-5-12-9-7-10-6-8(9)11/h8-11H,2-7H2,1H3/t8-,9-/m0/s1. The van der Waals surface area contributed by atoms with Crippen LogP contribution in [0, 0.1) is 0 Å². The number of rotatable bonds is 5. The molecule has 1 aliphatic heterocycles. The second kappa shape index (κ2) is 5.51. The first-order valence-electron chi connectivity index (χ1n) is 4.85. The van der Waals surface area contributed by atoms with E-state index in [0.717, 1.165) is 19.6 Å². The fourth-order valence-electron chi connectivity index (χ4n) is 1.40. The Bertz CT molecular complexity index is 119. The number of ether oxygens (including phenoxy) is 1. The van der Waals surface area contributed by atoms with Crippen molar-refractivity contribution < 1.29 is 9.84 Å². The van der Waals surface area contributed by atoms with Crippen LogP contribution in [0.25, 0.3) is 0 Å². The molecule has 0 aliphatic carbocycles. The van der Waals surface area contributed by atoms with Crippen molar-refractivity contribution in [1.29, 1.82) is 0 Å². The molecule has 0 unspecified atom stereocenters. The van der Waals surface area contributed by atoms with Crippen LogP contribution in [0.3, 0.4) is 0 Å². The predicted octanol–water partition coefficient (Wildman–Crippen LogP) is 0.526. The largest absolute Gasteiger partial charge is 0.389 e. The van der Waals surface area contributed by atoms with Crippen LogP contribution >= 0.6 is 0 Å². The maximum absolute atomic E-state index is 9.36. The van der Waals surface area contributed by atoms with Gasteiger partial charge in [0.1, 0.15) is 0 Å². The van der Waals surface area contributed by atoms with Gasteiger partial charge in [0.15, 0.2) is 0 Å². The Morgan fingerprint density at radius 1 is 1.42 bits per heavy atom. The van der Waals surface area contributed by atoms with E-state index in [2.05, 4.69) is 12.2 Å². The van der Waals surface area contributed by atoms with E-state index in [1.54, 1.807) is 0 Å². The zero-order valence-electron chi connectivity index (χ0n) is 7.75. The molecule has 1 rings (SSSR count).